The van der Waals surface area contributed by atoms with Gasteiger partial charge in [0.15, 0.2) is 0 Å². The molecule has 0 saturated heterocycles. The van der Waals surface area contributed by atoms with E-state index in [4.69, 9.17) is 5.73 Å². The predicted molar refractivity (Wildman–Crippen MR) is 63.5 cm³/mol. The van der Waals surface area contributed by atoms with Crippen molar-refractivity contribution in [2.24, 2.45) is 5.41 Å². The van der Waals surface area contributed by atoms with Gasteiger partial charge in [-0.25, -0.2) is 4.39 Å². The molecule has 0 bridgehead atoms. The Morgan fingerprint density at radius 3 is 2.62 bits per heavy atom. The molecule has 0 atom stereocenters. The van der Waals surface area contributed by atoms with Crippen LogP contribution in [0.15, 0.2) is 18.2 Å². The average molecular weight is 224 g/mol. The molecule has 0 aliphatic carbocycles. The van der Waals surface area contributed by atoms with E-state index >= 15 is 0 Å². The van der Waals surface area contributed by atoms with Crippen LogP contribution in [0, 0.1) is 11.2 Å². The van der Waals surface area contributed by atoms with Gasteiger partial charge in [-0.2, -0.15) is 0 Å². The summed E-state index contributed by atoms with van der Waals surface area (Å²) < 4.78 is 13.4. The van der Waals surface area contributed by atoms with Gasteiger partial charge >= 0.3 is 0 Å². The van der Waals surface area contributed by atoms with E-state index in [0.29, 0.717) is 6.42 Å². The van der Waals surface area contributed by atoms with Crippen LogP contribution in [-0.4, -0.2) is 5.91 Å². The molecular formula is C12H17FN2O. The Hall–Kier alpha value is -1.58. The van der Waals surface area contributed by atoms with Crippen molar-refractivity contribution in [3.05, 3.63) is 24.0 Å². The van der Waals surface area contributed by atoms with Crippen molar-refractivity contribution in [1.29, 1.82) is 0 Å². The summed E-state index contributed by atoms with van der Waals surface area (Å²) >= 11 is 0. The number of halogens is 1. The maximum absolute atomic E-state index is 13.4. The smallest absolute Gasteiger partial charge is 0.230 e. The van der Waals surface area contributed by atoms with Crippen molar-refractivity contribution in [2.75, 3.05) is 11.1 Å². The molecule has 1 amide bonds. The van der Waals surface area contributed by atoms with Gasteiger partial charge in [0.05, 0.1) is 5.69 Å². The SMILES string of the molecule is CCC(C)(C)C(=O)Nc1c(N)cccc1F. The third-order valence-corrected chi connectivity index (χ3v) is 2.78. The van der Waals surface area contributed by atoms with Crippen LogP contribution in [-0.2, 0) is 4.79 Å². The topological polar surface area (TPSA) is 55.1 Å². The lowest BCUT2D eigenvalue weighted by Gasteiger charge is -2.22. The highest BCUT2D eigenvalue weighted by Gasteiger charge is 2.26. The summed E-state index contributed by atoms with van der Waals surface area (Å²) in [6.45, 7) is 5.52. The molecule has 1 rings (SSSR count). The third-order valence-electron chi connectivity index (χ3n) is 2.78. The van der Waals surface area contributed by atoms with Crippen LogP contribution in [0.4, 0.5) is 15.8 Å². The molecule has 88 valence electrons. The van der Waals surface area contributed by atoms with Crippen LogP contribution in [0.3, 0.4) is 0 Å². The molecule has 4 heteroatoms. The molecular weight excluding hydrogens is 207 g/mol. The average Bonchev–Trinajstić information content (AvgIpc) is 2.23. The molecule has 1 aromatic carbocycles. The molecule has 0 saturated carbocycles. The summed E-state index contributed by atoms with van der Waals surface area (Å²) in [5.74, 6) is -0.743. The second-order valence-corrected chi connectivity index (χ2v) is 4.40. The molecule has 0 heterocycles. The summed E-state index contributed by atoms with van der Waals surface area (Å²) in [5, 5.41) is 2.53. The van der Waals surface area contributed by atoms with E-state index in [-0.39, 0.29) is 17.3 Å². The predicted octanol–water partition coefficient (Wildman–Crippen LogP) is 2.78. The fraction of sp³-hybridized carbons (Fsp3) is 0.417. The van der Waals surface area contributed by atoms with E-state index in [0.717, 1.165) is 0 Å². The van der Waals surface area contributed by atoms with Crippen LogP contribution in [0.2, 0.25) is 0 Å². The molecule has 16 heavy (non-hydrogen) atoms. The number of hydrogen-bond donors (Lipinski definition) is 2. The van der Waals surface area contributed by atoms with Gasteiger partial charge in [-0.15, -0.1) is 0 Å². The van der Waals surface area contributed by atoms with Crippen molar-refractivity contribution in [3.63, 3.8) is 0 Å². The highest BCUT2D eigenvalue weighted by Crippen LogP contribution is 2.26. The Balaban J connectivity index is 2.94. The van der Waals surface area contributed by atoms with E-state index in [9.17, 15) is 9.18 Å². The van der Waals surface area contributed by atoms with E-state index in [1.807, 2.05) is 6.92 Å². The van der Waals surface area contributed by atoms with Crippen LogP contribution < -0.4 is 11.1 Å². The number of nitrogens with two attached hydrogens (primary N) is 1. The summed E-state index contributed by atoms with van der Waals surface area (Å²) in [4.78, 5) is 11.8. The zero-order valence-corrected chi connectivity index (χ0v) is 9.80. The number of nitrogen functional groups attached to an aromatic ring is 1. The molecule has 0 spiro atoms. The van der Waals surface area contributed by atoms with Gasteiger partial charge in [0.2, 0.25) is 5.91 Å². The van der Waals surface area contributed by atoms with E-state index in [1.54, 1.807) is 19.9 Å². The van der Waals surface area contributed by atoms with Gasteiger partial charge in [-0.1, -0.05) is 26.8 Å². The van der Waals surface area contributed by atoms with Gasteiger partial charge in [0.25, 0.3) is 0 Å². The maximum atomic E-state index is 13.4. The van der Waals surface area contributed by atoms with Crippen molar-refractivity contribution < 1.29 is 9.18 Å². The van der Waals surface area contributed by atoms with Gasteiger partial charge in [0, 0.05) is 5.41 Å². The lowest BCUT2D eigenvalue weighted by atomic mass is 9.89. The molecule has 3 nitrogen and oxygen atoms in total. The first-order valence-corrected chi connectivity index (χ1v) is 5.24. The number of benzene rings is 1. The van der Waals surface area contributed by atoms with Gasteiger partial charge in [0.1, 0.15) is 11.5 Å². The third kappa shape index (κ3) is 2.51. The summed E-state index contributed by atoms with van der Waals surface area (Å²) in [7, 11) is 0. The molecule has 0 aliphatic rings. The van der Waals surface area contributed by atoms with E-state index < -0.39 is 11.2 Å². The minimum absolute atomic E-state index is 0.0639. The molecule has 1 aromatic rings. The Morgan fingerprint density at radius 2 is 2.12 bits per heavy atom. The molecule has 0 aromatic heterocycles. The van der Waals surface area contributed by atoms with Crippen molar-refractivity contribution in [3.8, 4) is 0 Å². The van der Waals surface area contributed by atoms with Gasteiger partial charge in [-0.3, -0.25) is 4.79 Å². The van der Waals surface area contributed by atoms with E-state index in [1.165, 1.54) is 12.1 Å². The number of carbonyl (C=O) groups is 1. The normalized spacial score (nSPS) is 11.2. The molecule has 0 unspecified atom stereocenters. The quantitative estimate of drug-likeness (QED) is 0.776. The Labute approximate surface area is 94.8 Å². The summed E-state index contributed by atoms with van der Waals surface area (Å²) in [5.41, 5.74) is 5.37. The minimum atomic E-state index is -0.533. The van der Waals surface area contributed by atoms with Gasteiger partial charge in [-0.05, 0) is 18.6 Å². The maximum Gasteiger partial charge on any atom is 0.230 e. The van der Waals surface area contributed by atoms with Crippen molar-refractivity contribution in [1.82, 2.24) is 0 Å². The monoisotopic (exact) mass is 224 g/mol. The number of rotatable bonds is 3. The second-order valence-electron chi connectivity index (χ2n) is 4.40. The second kappa shape index (κ2) is 4.51. The number of anilines is 2. The first kappa shape index (κ1) is 12.5. The Kier molecular flexibility index (Phi) is 3.52. The fourth-order valence-corrected chi connectivity index (χ4v) is 1.12. The number of hydrogen-bond acceptors (Lipinski definition) is 2. The molecule has 3 N–H and O–H groups in total. The van der Waals surface area contributed by atoms with Gasteiger partial charge < -0.3 is 11.1 Å². The fourth-order valence-electron chi connectivity index (χ4n) is 1.12. The van der Waals surface area contributed by atoms with Crippen LogP contribution in [0.5, 0.6) is 0 Å². The van der Waals surface area contributed by atoms with Crippen LogP contribution in [0.25, 0.3) is 0 Å². The minimum Gasteiger partial charge on any atom is -0.397 e. The summed E-state index contributed by atoms with van der Waals surface area (Å²) in [6, 6.07) is 4.33. The molecule has 0 radical (unpaired) electrons. The largest absolute Gasteiger partial charge is 0.397 e. The number of amides is 1. The Bertz CT molecular complexity index is 382. The molecule has 0 aliphatic heterocycles. The van der Waals surface area contributed by atoms with Crippen LogP contribution >= 0.6 is 0 Å². The first-order valence-electron chi connectivity index (χ1n) is 5.24. The lowest BCUT2D eigenvalue weighted by molar-refractivity contribution is -0.124. The molecule has 0 fully saturated rings. The van der Waals surface area contributed by atoms with Crippen molar-refractivity contribution in [2.45, 2.75) is 27.2 Å². The lowest BCUT2D eigenvalue weighted by Crippen LogP contribution is -2.30. The number of para-hydroxylation sites is 1. The highest BCUT2D eigenvalue weighted by molar-refractivity contribution is 5.97. The zero-order chi connectivity index (χ0) is 12.3. The summed E-state index contributed by atoms with van der Waals surface area (Å²) in [6.07, 6.45) is 0.674. The number of nitrogens with one attached hydrogen (secondary N) is 1. The first-order chi connectivity index (χ1) is 7.38. The number of carbonyl (C=O) groups excluding carboxylic acids is 1. The highest BCUT2D eigenvalue weighted by atomic mass is 19.1. The zero-order valence-electron chi connectivity index (χ0n) is 9.80. The standard InChI is InChI=1S/C12H17FN2O/c1-4-12(2,3)11(16)15-10-8(13)6-5-7-9(10)14/h5-7H,4,14H2,1-3H3,(H,15,16). The van der Waals surface area contributed by atoms with Crippen LogP contribution in [0.1, 0.15) is 27.2 Å². The van der Waals surface area contributed by atoms with Crippen molar-refractivity contribution >= 4 is 17.3 Å². The Morgan fingerprint density at radius 1 is 1.50 bits per heavy atom. The van der Waals surface area contributed by atoms with E-state index in [2.05, 4.69) is 5.32 Å².